The molecule has 0 amide bonds. The SMILES string of the molecule is COC(=O)C(O)=CC(=O)C(=O)c1cncn1Cc1ccc(F)cc1. The average molecular weight is 332 g/mol. The van der Waals surface area contributed by atoms with E-state index in [0.717, 1.165) is 7.11 Å². The number of halogens is 1. The summed E-state index contributed by atoms with van der Waals surface area (Å²) in [5.74, 6) is -4.54. The lowest BCUT2D eigenvalue weighted by molar-refractivity contribution is -0.139. The fraction of sp³-hybridized carbons (Fsp3) is 0.125. The number of carbonyl (C=O) groups excluding carboxylic acids is 3. The van der Waals surface area contributed by atoms with E-state index in [2.05, 4.69) is 9.72 Å². The summed E-state index contributed by atoms with van der Waals surface area (Å²) in [5.41, 5.74) is 0.669. The van der Waals surface area contributed by atoms with Crippen LogP contribution in [0.5, 0.6) is 0 Å². The summed E-state index contributed by atoms with van der Waals surface area (Å²) in [4.78, 5) is 38.8. The maximum Gasteiger partial charge on any atom is 0.373 e. The second kappa shape index (κ2) is 7.32. The Balaban J connectivity index is 2.19. The summed E-state index contributed by atoms with van der Waals surface area (Å²) in [7, 11) is 1.02. The van der Waals surface area contributed by atoms with Crippen LogP contribution in [0, 0.1) is 5.82 Å². The Labute approximate surface area is 136 Å². The number of ether oxygens (including phenoxy) is 1. The van der Waals surface area contributed by atoms with Crippen molar-refractivity contribution in [2.75, 3.05) is 7.11 Å². The zero-order valence-corrected chi connectivity index (χ0v) is 12.6. The zero-order valence-electron chi connectivity index (χ0n) is 12.6. The van der Waals surface area contributed by atoms with E-state index >= 15 is 0 Å². The van der Waals surface area contributed by atoms with E-state index < -0.39 is 23.3 Å². The van der Waals surface area contributed by atoms with Gasteiger partial charge in [-0.25, -0.2) is 14.2 Å². The molecule has 1 heterocycles. The number of Topliss-reactive ketones (excluding diaryl/α,β-unsaturated/α-hetero) is 1. The summed E-state index contributed by atoms with van der Waals surface area (Å²) in [6, 6.07) is 5.62. The van der Waals surface area contributed by atoms with Crippen LogP contribution < -0.4 is 0 Å². The number of imidazole rings is 1. The fourth-order valence-electron chi connectivity index (χ4n) is 1.90. The van der Waals surface area contributed by atoms with Gasteiger partial charge in [0, 0.05) is 12.6 Å². The first kappa shape index (κ1) is 17.1. The van der Waals surface area contributed by atoms with E-state index in [4.69, 9.17) is 0 Å². The molecule has 0 atom stereocenters. The number of esters is 1. The van der Waals surface area contributed by atoms with Crippen molar-refractivity contribution in [2.45, 2.75) is 6.54 Å². The number of nitrogens with zero attached hydrogens (tertiary/aromatic N) is 2. The van der Waals surface area contributed by atoms with E-state index in [9.17, 15) is 23.9 Å². The molecule has 24 heavy (non-hydrogen) atoms. The molecule has 0 aliphatic heterocycles. The third-order valence-electron chi connectivity index (χ3n) is 3.10. The van der Waals surface area contributed by atoms with Gasteiger partial charge in [0.25, 0.3) is 5.78 Å². The third kappa shape index (κ3) is 3.92. The van der Waals surface area contributed by atoms with E-state index in [0.29, 0.717) is 11.6 Å². The molecule has 2 rings (SSSR count). The quantitative estimate of drug-likeness (QED) is 0.282. The first-order valence-corrected chi connectivity index (χ1v) is 6.74. The fourth-order valence-corrected chi connectivity index (χ4v) is 1.90. The summed E-state index contributed by atoms with van der Waals surface area (Å²) in [6.07, 6.45) is 3.02. The number of aliphatic hydroxyl groups excluding tert-OH is 1. The monoisotopic (exact) mass is 332 g/mol. The molecule has 0 unspecified atom stereocenters. The molecule has 1 N–H and O–H groups in total. The molecule has 0 aliphatic rings. The number of methoxy groups -OCH3 is 1. The molecule has 0 spiro atoms. The van der Waals surface area contributed by atoms with E-state index in [-0.39, 0.29) is 18.1 Å². The number of aromatic nitrogens is 2. The van der Waals surface area contributed by atoms with Gasteiger partial charge in [-0.15, -0.1) is 0 Å². The highest BCUT2D eigenvalue weighted by Gasteiger charge is 2.21. The highest BCUT2D eigenvalue weighted by atomic mass is 19.1. The van der Waals surface area contributed by atoms with Crippen molar-refractivity contribution < 1.29 is 28.6 Å². The molecule has 0 bridgehead atoms. The molecular weight excluding hydrogens is 319 g/mol. The van der Waals surface area contributed by atoms with Crippen molar-refractivity contribution >= 4 is 17.5 Å². The molecule has 0 saturated carbocycles. The normalized spacial score (nSPS) is 11.2. The van der Waals surface area contributed by atoms with E-state index in [1.54, 1.807) is 0 Å². The van der Waals surface area contributed by atoms with Crippen LogP contribution in [0.15, 0.2) is 48.6 Å². The smallest absolute Gasteiger partial charge is 0.373 e. The molecule has 0 aliphatic carbocycles. The molecule has 0 fully saturated rings. The van der Waals surface area contributed by atoms with Crippen molar-refractivity contribution in [2.24, 2.45) is 0 Å². The molecular formula is C16H13FN2O5. The van der Waals surface area contributed by atoms with Gasteiger partial charge in [-0.3, -0.25) is 9.59 Å². The van der Waals surface area contributed by atoms with Gasteiger partial charge in [-0.1, -0.05) is 12.1 Å². The van der Waals surface area contributed by atoms with Crippen LogP contribution in [0.4, 0.5) is 4.39 Å². The van der Waals surface area contributed by atoms with Gasteiger partial charge < -0.3 is 14.4 Å². The zero-order chi connectivity index (χ0) is 17.7. The molecule has 1 aromatic heterocycles. The van der Waals surface area contributed by atoms with Gasteiger partial charge in [0.2, 0.25) is 11.5 Å². The Bertz CT molecular complexity index is 808. The number of rotatable bonds is 6. The van der Waals surface area contributed by atoms with E-state index in [1.807, 2.05) is 0 Å². The molecule has 8 heteroatoms. The minimum Gasteiger partial charge on any atom is -0.502 e. The van der Waals surface area contributed by atoms with Crippen molar-refractivity contribution in [3.8, 4) is 0 Å². The number of allylic oxidation sites excluding steroid dienone is 1. The van der Waals surface area contributed by atoms with Crippen LogP contribution >= 0.6 is 0 Å². The number of hydrogen-bond acceptors (Lipinski definition) is 6. The first-order valence-electron chi connectivity index (χ1n) is 6.74. The van der Waals surface area contributed by atoms with Crippen molar-refractivity contribution in [1.82, 2.24) is 9.55 Å². The lowest BCUT2D eigenvalue weighted by Gasteiger charge is -2.06. The Morgan fingerprint density at radius 2 is 1.96 bits per heavy atom. The minimum atomic E-state index is -1.13. The summed E-state index contributed by atoms with van der Waals surface area (Å²) >= 11 is 0. The molecule has 124 valence electrons. The highest BCUT2D eigenvalue weighted by Crippen LogP contribution is 2.09. The number of benzene rings is 1. The maximum absolute atomic E-state index is 12.9. The Morgan fingerprint density at radius 3 is 2.58 bits per heavy atom. The molecule has 7 nitrogen and oxygen atoms in total. The lowest BCUT2D eigenvalue weighted by atomic mass is 10.1. The van der Waals surface area contributed by atoms with Crippen molar-refractivity contribution in [3.05, 3.63) is 65.7 Å². The first-order chi connectivity index (χ1) is 11.4. The van der Waals surface area contributed by atoms with Crippen molar-refractivity contribution in [1.29, 1.82) is 0 Å². The van der Waals surface area contributed by atoms with Crippen LogP contribution in [-0.4, -0.2) is 39.3 Å². The molecule has 0 radical (unpaired) electrons. The highest BCUT2D eigenvalue weighted by molar-refractivity contribution is 6.47. The largest absolute Gasteiger partial charge is 0.502 e. The van der Waals surface area contributed by atoms with Crippen LogP contribution in [0.2, 0.25) is 0 Å². The summed E-state index contributed by atoms with van der Waals surface area (Å²) < 4.78 is 18.5. The van der Waals surface area contributed by atoms with Gasteiger partial charge in [-0.2, -0.15) is 0 Å². The van der Waals surface area contributed by atoms with Crippen LogP contribution in [0.25, 0.3) is 0 Å². The van der Waals surface area contributed by atoms with Crippen LogP contribution in [0.1, 0.15) is 16.1 Å². The van der Waals surface area contributed by atoms with Gasteiger partial charge in [0.05, 0.1) is 19.6 Å². The summed E-state index contributed by atoms with van der Waals surface area (Å²) in [6.45, 7) is 0.196. The lowest BCUT2D eigenvalue weighted by Crippen LogP contribution is -2.18. The predicted octanol–water partition coefficient (Wildman–Crippen LogP) is 1.44. The van der Waals surface area contributed by atoms with E-state index in [1.165, 1.54) is 41.4 Å². The summed E-state index contributed by atoms with van der Waals surface area (Å²) in [5, 5.41) is 9.32. The second-order valence-electron chi connectivity index (χ2n) is 4.75. The molecule has 0 saturated heterocycles. The van der Waals surface area contributed by atoms with Gasteiger partial charge >= 0.3 is 5.97 Å². The third-order valence-corrected chi connectivity index (χ3v) is 3.10. The maximum atomic E-state index is 12.9. The minimum absolute atomic E-state index is 0.0294. The Hall–Kier alpha value is -3.29. The van der Waals surface area contributed by atoms with Gasteiger partial charge in [0.15, 0.2) is 0 Å². The number of carbonyl (C=O) groups is 3. The van der Waals surface area contributed by atoms with Crippen LogP contribution in [0.3, 0.4) is 0 Å². The van der Waals surface area contributed by atoms with Gasteiger partial charge in [0.1, 0.15) is 11.5 Å². The Morgan fingerprint density at radius 1 is 1.29 bits per heavy atom. The molecule has 1 aromatic carbocycles. The molecule has 2 aromatic rings. The number of hydrogen-bond donors (Lipinski definition) is 1. The van der Waals surface area contributed by atoms with Gasteiger partial charge in [-0.05, 0) is 17.7 Å². The second-order valence-corrected chi connectivity index (χ2v) is 4.75. The van der Waals surface area contributed by atoms with Crippen LogP contribution in [-0.2, 0) is 20.9 Å². The Kier molecular flexibility index (Phi) is 5.20. The predicted molar refractivity (Wildman–Crippen MR) is 79.8 cm³/mol. The average Bonchev–Trinajstić information content (AvgIpc) is 3.03. The number of ketones is 2. The van der Waals surface area contributed by atoms with Crippen molar-refractivity contribution in [3.63, 3.8) is 0 Å². The standard InChI is InChI=1S/C16H13FN2O5/c1-24-16(23)14(21)6-13(20)15(22)12-7-18-9-19(12)8-10-2-4-11(17)5-3-10/h2-7,9,21H,8H2,1H3. The number of aliphatic hydroxyl groups is 1. The topological polar surface area (TPSA) is 98.5 Å².